The first kappa shape index (κ1) is 12.1. The van der Waals surface area contributed by atoms with Crippen LogP contribution < -0.4 is 10.6 Å². The lowest BCUT2D eigenvalue weighted by atomic mass is 9.95. The average Bonchev–Trinajstić information content (AvgIpc) is 2.38. The lowest BCUT2D eigenvalue weighted by Crippen LogP contribution is -2.50. The van der Waals surface area contributed by atoms with Crippen molar-refractivity contribution < 1.29 is 9.90 Å². The van der Waals surface area contributed by atoms with Crippen molar-refractivity contribution in [3.8, 4) is 0 Å². The van der Waals surface area contributed by atoms with Crippen LogP contribution in [0.1, 0.15) is 18.1 Å². The van der Waals surface area contributed by atoms with Crippen LogP contribution in [-0.4, -0.2) is 29.7 Å². The van der Waals surface area contributed by atoms with Gasteiger partial charge in [-0.25, -0.2) is 0 Å². The summed E-state index contributed by atoms with van der Waals surface area (Å²) in [7, 11) is 0. The smallest absolute Gasteiger partial charge is 0.237 e. The van der Waals surface area contributed by atoms with E-state index in [1.807, 2.05) is 12.1 Å². The highest BCUT2D eigenvalue weighted by Gasteiger charge is 2.24. The van der Waals surface area contributed by atoms with Crippen molar-refractivity contribution in [2.45, 2.75) is 32.0 Å². The van der Waals surface area contributed by atoms with Crippen molar-refractivity contribution in [2.24, 2.45) is 0 Å². The summed E-state index contributed by atoms with van der Waals surface area (Å²) in [6.07, 6.45) is 0.708. The van der Waals surface area contributed by atoms with Crippen LogP contribution in [0.4, 0.5) is 0 Å². The number of aliphatic hydroxyl groups excluding tert-OH is 1. The Balaban J connectivity index is 2.00. The number of nitrogens with one attached hydrogen (secondary N) is 2. The normalized spacial score (nSPS) is 20.5. The Morgan fingerprint density at radius 2 is 2.24 bits per heavy atom. The van der Waals surface area contributed by atoms with E-state index in [1.165, 1.54) is 11.1 Å². The third kappa shape index (κ3) is 2.84. The zero-order valence-electron chi connectivity index (χ0n) is 9.94. The monoisotopic (exact) mass is 234 g/mol. The van der Waals surface area contributed by atoms with Crippen LogP contribution in [0.5, 0.6) is 0 Å². The molecule has 1 aromatic carbocycles. The second-order valence-electron chi connectivity index (χ2n) is 4.50. The number of carbonyl (C=O) groups is 1. The van der Waals surface area contributed by atoms with Gasteiger partial charge in [-0.2, -0.15) is 0 Å². The van der Waals surface area contributed by atoms with Crippen LogP contribution in [0.2, 0.25) is 0 Å². The van der Waals surface area contributed by atoms with Gasteiger partial charge in [0.25, 0.3) is 0 Å². The van der Waals surface area contributed by atoms with E-state index in [1.54, 1.807) is 6.92 Å². The number of fused-ring (bicyclic) bond motifs is 1. The molecule has 1 amide bonds. The summed E-state index contributed by atoms with van der Waals surface area (Å²) in [5, 5.41) is 14.9. The van der Waals surface area contributed by atoms with Gasteiger partial charge < -0.3 is 15.7 Å². The van der Waals surface area contributed by atoms with E-state index in [0.29, 0.717) is 6.42 Å². The highest BCUT2D eigenvalue weighted by Crippen LogP contribution is 2.16. The minimum Gasteiger partial charge on any atom is -0.394 e. The third-order valence-electron chi connectivity index (χ3n) is 3.06. The molecule has 0 bridgehead atoms. The van der Waals surface area contributed by atoms with E-state index in [4.69, 9.17) is 5.11 Å². The van der Waals surface area contributed by atoms with E-state index in [0.717, 1.165) is 6.54 Å². The summed E-state index contributed by atoms with van der Waals surface area (Å²) < 4.78 is 0. The van der Waals surface area contributed by atoms with Gasteiger partial charge in [0.2, 0.25) is 5.91 Å². The van der Waals surface area contributed by atoms with Gasteiger partial charge >= 0.3 is 0 Å². The van der Waals surface area contributed by atoms with Gasteiger partial charge in [-0.15, -0.1) is 0 Å². The Hall–Kier alpha value is -1.39. The molecule has 1 aromatic rings. The topological polar surface area (TPSA) is 61.4 Å². The number of aliphatic hydroxyl groups is 1. The molecular weight excluding hydrogens is 216 g/mol. The average molecular weight is 234 g/mol. The summed E-state index contributed by atoms with van der Waals surface area (Å²) in [6.45, 7) is 2.48. The summed E-state index contributed by atoms with van der Waals surface area (Å²) >= 11 is 0. The maximum absolute atomic E-state index is 11.9. The number of carbonyl (C=O) groups excluding carboxylic acids is 1. The largest absolute Gasteiger partial charge is 0.394 e. The molecule has 2 rings (SSSR count). The molecule has 0 radical (unpaired) electrons. The number of amides is 1. The quantitative estimate of drug-likeness (QED) is 0.700. The molecule has 1 aliphatic rings. The van der Waals surface area contributed by atoms with Crippen molar-refractivity contribution in [1.82, 2.24) is 10.6 Å². The highest BCUT2D eigenvalue weighted by atomic mass is 16.3. The molecule has 17 heavy (non-hydrogen) atoms. The maximum atomic E-state index is 11.9. The summed E-state index contributed by atoms with van der Waals surface area (Å²) in [4.78, 5) is 11.9. The predicted octanol–water partition coefficient (Wildman–Crippen LogP) is 0.198. The van der Waals surface area contributed by atoms with Gasteiger partial charge in [-0.05, 0) is 24.5 Å². The van der Waals surface area contributed by atoms with Gasteiger partial charge in [0.15, 0.2) is 0 Å². The molecule has 4 nitrogen and oxygen atoms in total. The van der Waals surface area contributed by atoms with Crippen LogP contribution in [0, 0.1) is 0 Å². The standard InChI is InChI=1S/C13H18N2O2/c1-9(8-16)15-13(17)12-6-10-4-2-3-5-11(10)7-14-12/h2-5,9,12,14,16H,6-8H2,1H3,(H,15,17)/t9?,12-/m0/s1. The van der Waals surface area contributed by atoms with Crippen molar-refractivity contribution >= 4 is 5.91 Å². The Morgan fingerprint density at radius 3 is 2.94 bits per heavy atom. The van der Waals surface area contributed by atoms with E-state index in [9.17, 15) is 4.79 Å². The Morgan fingerprint density at radius 1 is 1.53 bits per heavy atom. The van der Waals surface area contributed by atoms with E-state index in [2.05, 4.69) is 22.8 Å². The Bertz CT molecular complexity index is 406. The fourth-order valence-electron chi connectivity index (χ4n) is 2.03. The Kier molecular flexibility index (Phi) is 3.76. The zero-order valence-corrected chi connectivity index (χ0v) is 9.94. The molecule has 0 aromatic heterocycles. The van der Waals surface area contributed by atoms with Crippen LogP contribution in [0.25, 0.3) is 0 Å². The summed E-state index contributed by atoms with van der Waals surface area (Å²) in [5.74, 6) is -0.0407. The molecule has 1 unspecified atom stereocenters. The molecule has 0 spiro atoms. The van der Waals surface area contributed by atoms with Crippen LogP contribution in [0.3, 0.4) is 0 Å². The minimum atomic E-state index is -0.195. The lowest BCUT2D eigenvalue weighted by molar-refractivity contribution is -0.124. The molecule has 0 saturated heterocycles. The number of hydrogen-bond donors (Lipinski definition) is 3. The first-order valence-corrected chi connectivity index (χ1v) is 5.92. The maximum Gasteiger partial charge on any atom is 0.237 e. The van der Waals surface area contributed by atoms with Crippen LogP contribution in [-0.2, 0) is 17.8 Å². The second kappa shape index (κ2) is 5.29. The summed E-state index contributed by atoms with van der Waals surface area (Å²) in [6, 6.07) is 7.75. The SMILES string of the molecule is CC(CO)NC(=O)[C@@H]1Cc2ccccc2CN1. The van der Waals surface area contributed by atoms with Gasteiger partial charge in [0.1, 0.15) is 0 Å². The van der Waals surface area contributed by atoms with Crippen molar-refractivity contribution in [1.29, 1.82) is 0 Å². The molecule has 0 fully saturated rings. The van der Waals surface area contributed by atoms with Crippen molar-refractivity contribution in [2.75, 3.05) is 6.61 Å². The molecule has 1 heterocycles. The molecule has 1 aliphatic heterocycles. The molecule has 92 valence electrons. The van der Waals surface area contributed by atoms with Crippen LogP contribution in [0.15, 0.2) is 24.3 Å². The van der Waals surface area contributed by atoms with E-state index >= 15 is 0 Å². The van der Waals surface area contributed by atoms with Gasteiger partial charge in [0.05, 0.1) is 12.6 Å². The molecule has 4 heteroatoms. The zero-order chi connectivity index (χ0) is 12.3. The molecular formula is C13H18N2O2. The molecule has 3 N–H and O–H groups in total. The van der Waals surface area contributed by atoms with Gasteiger partial charge in [0, 0.05) is 12.6 Å². The highest BCUT2D eigenvalue weighted by molar-refractivity contribution is 5.82. The predicted molar refractivity (Wildman–Crippen MR) is 65.5 cm³/mol. The van der Waals surface area contributed by atoms with Gasteiger partial charge in [-0.1, -0.05) is 24.3 Å². The van der Waals surface area contributed by atoms with E-state index in [-0.39, 0.29) is 24.6 Å². The third-order valence-corrected chi connectivity index (χ3v) is 3.06. The fourth-order valence-corrected chi connectivity index (χ4v) is 2.03. The Labute approximate surface area is 101 Å². The van der Waals surface area contributed by atoms with Crippen molar-refractivity contribution in [3.05, 3.63) is 35.4 Å². The number of rotatable bonds is 3. The minimum absolute atomic E-state index is 0.0327. The number of hydrogen-bond acceptors (Lipinski definition) is 3. The first-order valence-electron chi connectivity index (χ1n) is 5.92. The summed E-state index contributed by atoms with van der Waals surface area (Å²) in [5.41, 5.74) is 2.48. The first-order chi connectivity index (χ1) is 8.20. The van der Waals surface area contributed by atoms with Crippen LogP contribution >= 0.6 is 0 Å². The lowest BCUT2D eigenvalue weighted by Gasteiger charge is -2.26. The fraction of sp³-hybridized carbons (Fsp3) is 0.462. The van der Waals surface area contributed by atoms with E-state index < -0.39 is 0 Å². The molecule has 0 aliphatic carbocycles. The molecule has 2 atom stereocenters. The number of benzene rings is 1. The van der Waals surface area contributed by atoms with Gasteiger partial charge in [-0.3, -0.25) is 4.79 Å². The second-order valence-corrected chi connectivity index (χ2v) is 4.50. The molecule has 0 saturated carbocycles. The van der Waals surface area contributed by atoms with Crippen molar-refractivity contribution in [3.63, 3.8) is 0 Å².